The lowest BCUT2D eigenvalue weighted by Gasteiger charge is -2.08. The number of methoxy groups -OCH3 is 1. The molecule has 0 unspecified atom stereocenters. The fourth-order valence-corrected chi connectivity index (χ4v) is 4.20. The number of allylic oxidation sites excluding steroid dienone is 2. The van der Waals surface area contributed by atoms with E-state index in [2.05, 4.69) is 31.2 Å². The topological polar surface area (TPSA) is 35.5 Å². The number of rotatable bonds is 19. The highest BCUT2D eigenvalue weighted by atomic mass is 16.5. The molecule has 0 aliphatic carbocycles. The first-order valence-electron chi connectivity index (χ1n) is 13.8. The summed E-state index contributed by atoms with van der Waals surface area (Å²) in [6.45, 7) is 3.05. The molecule has 0 bridgehead atoms. The summed E-state index contributed by atoms with van der Waals surface area (Å²) in [5.41, 5.74) is 2.73. The fourth-order valence-electron chi connectivity index (χ4n) is 4.20. The smallest absolute Gasteiger partial charge is 0.337 e. The molecule has 0 fully saturated rings. The molecular formula is C32H46O3. The normalized spacial score (nSPS) is 11.1. The lowest BCUT2D eigenvalue weighted by molar-refractivity contribution is 0.0600. The van der Waals surface area contributed by atoms with Crippen LogP contribution in [0.2, 0.25) is 0 Å². The van der Waals surface area contributed by atoms with Crippen LogP contribution in [0.1, 0.15) is 107 Å². The number of esters is 1. The van der Waals surface area contributed by atoms with Crippen LogP contribution in [-0.4, -0.2) is 19.7 Å². The van der Waals surface area contributed by atoms with Gasteiger partial charge < -0.3 is 9.47 Å². The van der Waals surface area contributed by atoms with Gasteiger partial charge in [0.15, 0.2) is 0 Å². The van der Waals surface area contributed by atoms with Crippen LogP contribution in [0, 0.1) is 0 Å². The summed E-state index contributed by atoms with van der Waals surface area (Å²) in [5, 5.41) is 0. The van der Waals surface area contributed by atoms with Crippen molar-refractivity contribution in [3.63, 3.8) is 0 Å². The second kappa shape index (κ2) is 18.7. The monoisotopic (exact) mass is 478 g/mol. The SMILES string of the molecule is CCCCCCCCC=CCCCCCCCCOc1ccc(-c2ccc(C(=O)OC)cc2)cc1. The Morgan fingerprint density at radius 1 is 0.657 bits per heavy atom. The predicted octanol–water partition coefficient (Wildman–Crippen LogP) is 9.56. The van der Waals surface area contributed by atoms with Crippen molar-refractivity contribution in [3.8, 4) is 16.9 Å². The van der Waals surface area contributed by atoms with Crippen molar-refractivity contribution in [2.24, 2.45) is 0 Å². The van der Waals surface area contributed by atoms with E-state index in [0.29, 0.717) is 5.56 Å². The highest BCUT2D eigenvalue weighted by molar-refractivity contribution is 5.89. The van der Waals surface area contributed by atoms with Crippen LogP contribution < -0.4 is 4.74 Å². The molecule has 2 aromatic carbocycles. The summed E-state index contributed by atoms with van der Waals surface area (Å²) >= 11 is 0. The number of hydrogen-bond donors (Lipinski definition) is 0. The third-order valence-electron chi connectivity index (χ3n) is 6.42. The molecule has 0 aliphatic heterocycles. The van der Waals surface area contributed by atoms with E-state index >= 15 is 0 Å². The maximum Gasteiger partial charge on any atom is 0.337 e. The maximum absolute atomic E-state index is 11.6. The Hall–Kier alpha value is -2.55. The van der Waals surface area contributed by atoms with E-state index < -0.39 is 0 Å². The van der Waals surface area contributed by atoms with Crippen molar-refractivity contribution in [2.45, 2.75) is 96.8 Å². The number of carbonyl (C=O) groups is 1. The van der Waals surface area contributed by atoms with Gasteiger partial charge in [-0.15, -0.1) is 0 Å². The molecule has 3 nitrogen and oxygen atoms in total. The van der Waals surface area contributed by atoms with Gasteiger partial charge in [-0.05, 0) is 67.5 Å². The van der Waals surface area contributed by atoms with Gasteiger partial charge >= 0.3 is 5.97 Å². The fraction of sp³-hybridized carbons (Fsp3) is 0.531. The van der Waals surface area contributed by atoms with Crippen molar-refractivity contribution in [2.75, 3.05) is 13.7 Å². The summed E-state index contributed by atoms with van der Waals surface area (Å²) < 4.78 is 10.7. The van der Waals surface area contributed by atoms with E-state index in [1.807, 2.05) is 24.3 Å². The molecule has 0 aliphatic rings. The minimum atomic E-state index is -0.313. The van der Waals surface area contributed by atoms with Gasteiger partial charge in [0.25, 0.3) is 0 Å². The van der Waals surface area contributed by atoms with Crippen LogP contribution in [0.5, 0.6) is 5.75 Å². The van der Waals surface area contributed by atoms with Crippen molar-refractivity contribution in [3.05, 3.63) is 66.2 Å². The number of carbonyl (C=O) groups excluding carboxylic acids is 1. The van der Waals surface area contributed by atoms with Crippen LogP contribution in [0.25, 0.3) is 11.1 Å². The van der Waals surface area contributed by atoms with E-state index in [9.17, 15) is 4.79 Å². The van der Waals surface area contributed by atoms with Gasteiger partial charge in [0, 0.05) is 0 Å². The zero-order valence-electron chi connectivity index (χ0n) is 22.1. The molecular weight excluding hydrogens is 432 g/mol. The van der Waals surface area contributed by atoms with Gasteiger partial charge in [-0.3, -0.25) is 0 Å². The Balaban J connectivity index is 1.46. The zero-order chi connectivity index (χ0) is 25.0. The van der Waals surface area contributed by atoms with E-state index in [1.165, 1.54) is 90.6 Å². The lowest BCUT2D eigenvalue weighted by Crippen LogP contribution is -2.00. The summed E-state index contributed by atoms with van der Waals surface area (Å²) in [6, 6.07) is 15.6. The van der Waals surface area contributed by atoms with E-state index in [4.69, 9.17) is 9.47 Å². The average Bonchev–Trinajstić information content (AvgIpc) is 2.90. The van der Waals surface area contributed by atoms with Crippen molar-refractivity contribution in [1.29, 1.82) is 0 Å². The zero-order valence-corrected chi connectivity index (χ0v) is 22.1. The Kier molecular flexibility index (Phi) is 15.4. The van der Waals surface area contributed by atoms with Gasteiger partial charge in [0.05, 0.1) is 19.3 Å². The van der Waals surface area contributed by atoms with Crippen molar-refractivity contribution in [1.82, 2.24) is 0 Å². The predicted molar refractivity (Wildman–Crippen MR) is 148 cm³/mol. The third kappa shape index (κ3) is 12.6. The second-order valence-corrected chi connectivity index (χ2v) is 9.38. The molecule has 0 N–H and O–H groups in total. The third-order valence-corrected chi connectivity index (χ3v) is 6.42. The molecule has 0 amide bonds. The van der Waals surface area contributed by atoms with E-state index in [1.54, 1.807) is 12.1 Å². The first-order chi connectivity index (χ1) is 17.2. The molecule has 0 spiro atoms. The van der Waals surface area contributed by atoms with E-state index in [0.717, 1.165) is 29.9 Å². The van der Waals surface area contributed by atoms with Gasteiger partial charge in [0.1, 0.15) is 5.75 Å². The lowest BCUT2D eigenvalue weighted by atomic mass is 10.0. The summed E-state index contributed by atoms with van der Waals surface area (Å²) in [5.74, 6) is 0.596. The van der Waals surface area contributed by atoms with Crippen LogP contribution in [0.4, 0.5) is 0 Å². The molecule has 3 heteroatoms. The maximum atomic E-state index is 11.6. The Bertz CT molecular complexity index is 821. The van der Waals surface area contributed by atoms with Crippen LogP contribution >= 0.6 is 0 Å². The van der Waals surface area contributed by atoms with Crippen LogP contribution in [0.3, 0.4) is 0 Å². The van der Waals surface area contributed by atoms with E-state index in [-0.39, 0.29) is 5.97 Å². The van der Waals surface area contributed by atoms with Gasteiger partial charge in [-0.1, -0.05) is 101 Å². The van der Waals surface area contributed by atoms with Gasteiger partial charge in [-0.2, -0.15) is 0 Å². The highest BCUT2D eigenvalue weighted by Gasteiger charge is 2.05. The molecule has 0 radical (unpaired) electrons. The number of benzene rings is 2. The van der Waals surface area contributed by atoms with Crippen molar-refractivity contribution < 1.29 is 14.3 Å². The van der Waals surface area contributed by atoms with Crippen molar-refractivity contribution >= 4 is 5.97 Å². The summed E-state index contributed by atoms with van der Waals surface area (Å²) in [7, 11) is 1.40. The molecule has 2 aromatic rings. The summed E-state index contributed by atoms with van der Waals surface area (Å²) in [4.78, 5) is 11.6. The first-order valence-corrected chi connectivity index (χ1v) is 13.8. The molecule has 35 heavy (non-hydrogen) atoms. The van der Waals surface area contributed by atoms with Gasteiger partial charge in [-0.25, -0.2) is 4.79 Å². The number of hydrogen-bond acceptors (Lipinski definition) is 3. The summed E-state index contributed by atoms with van der Waals surface area (Å²) in [6.07, 6.45) is 23.2. The molecule has 0 saturated carbocycles. The molecule has 192 valence electrons. The minimum absolute atomic E-state index is 0.313. The van der Waals surface area contributed by atoms with Crippen LogP contribution in [0.15, 0.2) is 60.7 Å². The standard InChI is InChI=1S/C32H46O3/c1-3-4-5-6-7-8-9-10-11-12-13-14-15-16-17-18-27-35-31-25-23-29(24-26-31)28-19-21-30(22-20-28)32(33)34-2/h10-11,19-26H,3-9,12-18,27H2,1-2H3. The number of ether oxygens (including phenoxy) is 2. The second-order valence-electron chi connectivity index (χ2n) is 9.38. The Labute approximate surface area is 213 Å². The van der Waals surface area contributed by atoms with Crippen LogP contribution in [-0.2, 0) is 4.74 Å². The largest absolute Gasteiger partial charge is 0.494 e. The quantitative estimate of drug-likeness (QED) is 0.114. The average molecular weight is 479 g/mol. The molecule has 0 saturated heterocycles. The number of unbranched alkanes of at least 4 members (excludes halogenated alkanes) is 12. The Morgan fingerprint density at radius 3 is 1.69 bits per heavy atom. The molecule has 0 heterocycles. The molecule has 2 rings (SSSR count). The highest BCUT2D eigenvalue weighted by Crippen LogP contribution is 2.23. The molecule has 0 aromatic heterocycles. The van der Waals surface area contributed by atoms with Gasteiger partial charge in [0.2, 0.25) is 0 Å². The molecule has 0 atom stereocenters. The minimum Gasteiger partial charge on any atom is -0.494 e. The first kappa shape index (κ1) is 28.7. The Morgan fingerprint density at radius 2 is 1.14 bits per heavy atom.